The lowest BCUT2D eigenvalue weighted by molar-refractivity contribution is -0.138. The molecule has 2 N–H and O–H groups in total. The molecule has 1 aliphatic heterocycles. The molecule has 74 valence electrons. The number of rotatable bonds is 2. The minimum atomic E-state index is -1.04. The van der Waals surface area contributed by atoms with E-state index < -0.39 is 5.97 Å². The van der Waals surface area contributed by atoms with Crippen LogP contribution in [0, 0.1) is 0 Å². The van der Waals surface area contributed by atoms with Gasteiger partial charge in [-0.05, 0) is 12.1 Å². The fourth-order valence-corrected chi connectivity index (χ4v) is 1.38. The van der Waals surface area contributed by atoms with Gasteiger partial charge in [0.2, 0.25) is 0 Å². The summed E-state index contributed by atoms with van der Waals surface area (Å²) in [5.41, 5.74) is 3.55. The van der Waals surface area contributed by atoms with E-state index in [-0.39, 0.29) is 12.6 Å². The summed E-state index contributed by atoms with van der Waals surface area (Å²) in [5.74, 6) is -1.04. The predicted molar refractivity (Wildman–Crippen MR) is 46.4 cm³/mol. The lowest BCUT2D eigenvalue weighted by Crippen LogP contribution is -2.51. The number of hydrogen-bond donors (Lipinski definition) is 2. The number of hydrogen-bond acceptors (Lipinski definition) is 3. The summed E-state index contributed by atoms with van der Waals surface area (Å²) in [4.78, 5) is 22.0. The third-order valence-electron chi connectivity index (χ3n) is 2.01. The van der Waals surface area contributed by atoms with E-state index in [0.29, 0.717) is 6.54 Å². The third-order valence-corrected chi connectivity index (χ3v) is 2.01. The summed E-state index contributed by atoms with van der Waals surface area (Å²) in [6.07, 6.45) is 1.62. The van der Waals surface area contributed by atoms with Crippen LogP contribution in [0.5, 0.6) is 0 Å². The standard InChI is InChI=1S/C8H9N3O3/c12-7(13)5-11-8(14)10-3-1-2-6(10)4-9-11/h1-3,9H,4-5H2,(H,12,13). The summed E-state index contributed by atoms with van der Waals surface area (Å²) in [6, 6.07) is 3.20. The number of aliphatic carboxylic acids is 1. The number of carboxylic acids is 1. The molecule has 0 bridgehead atoms. The van der Waals surface area contributed by atoms with Gasteiger partial charge < -0.3 is 5.11 Å². The molecule has 1 aliphatic rings. The number of hydrazine groups is 1. The zero-order valence-electron chi connectivity index (χ0n) is 7.30. The highest BCUT2D eigenvalue weighted by atomic mass is 16.4. The van der Waals surface area contributed by atoms with Crippen molar-refractivity contribution in [2.75, 3.05) is 6.54 Å². The average molecular weight is 195 g/mol. The van der Waals surface area contributed by atoms with Crippen LogP contribution < -0.4 is 5.43 Å². The van der Waals surface area contributed by atoms with Gasteiger partial charge in [-0.3, -0.25) is 9.36 Å². The van der Waals surface area contributed by atoms with Gasteiger partial charge in [0, 0.05) is 11.9 Å². The molecule has 0 aliphatic carbocycles. The van der Waals surface area contributed by atoms with Crippen molar-refractivity contribution in [2.45, 2.75) is 6.54 Å². The van der Waals surface area contributed by atoms with E-state index in [0.717, 1.165) is 10.7 Å². The van der Waals surface area contributed by atoms with Crippen LogP contribution in [0.15, 0.2) is 18.3 Å². The van der Waals surface area contributed by atoms with Crippen molar-refractivity contribution < 1.29 is 14.7 Å². The molecule has 1 aromatic rings. The van der Waals surface area contributed by atoms with E-state index in [1.54, 1.807) is 12.3 Å². The first kappa shape index (κ1) is 8.76. The number of nitrogens with one attached hydrogen (secondary N) is 1. The molecule has 0 spiro atoms. The van der Waals surface area contributed by atoms with Gasteiger partial charge >= 0.3 is 12.0 Å². The number of nitrogens with zero attached hydrogens (tertiary/aromatic N) is 2. The summed E-state index contributed by atoms with van der Waals surface area (Å²) in [6.45, 7) is 0.127. The van der Waals surface area contributed by atoms with Gasteiger partial charge in [-0.1, -0.05) is 0 Å². The molecule has 2 heterocycles. The Labute approximate surface area is 79.7 Å². The Balaban J connectivity index is 2.21. The monoisotopic (exact) mass is 195 g/mol. The molecular formula is C8H9N3O3. The maximum atomic E-state index is 11.6. The van der Waals surface area contributed by atoms with E-state index in [1.807, 2.05) is 6.07 Å². The van der Waals surface area contributed by atoms with Crippen molar-refractivity contribution in [1.82, 2.24) is 15.0 Å². The largest absolute Gasteiger partial charge is 0.480 e. The van der Waals surface area contributed by atoms with Crippen molar-refractivity contribution >= 4 is 12.0 Å². The molecule has 0 fully saturated rings. The molecule has 0 aromatic carbocycles. The van der Waals surface area contributed by atoms with Crippen molar-refractivity contribution in [3.05, 3.63) is 24.0 Å². The minimum Gasteiger partial charge on any atom is -0.480 e. The van der Waals surface area contributed by atoms with Crippen LogP contribution in [0.1, 0.15) is 5.69 Å². The molecule has 0 atom stereocenters. The topological polar surface area (TPSA) is 74.6 Å². The number of fused-ring (bicyclic) bond motifs is 1. The quantitative estimate of drug-likeness (QED) is 0.688. The van der Waals surface area contributed by atoms with Crippen molar-refractivity contribution in [3.8, 4) is 0 Å². The van der Waals surface area contributed by atoms with Gasteiger partial charge in [-0.15, -0.1) is 0 Å². The van der Waals surface area contributed by atoms with Gasteiger partial charge in [-0.25, -0.2) is 15.2 Å². The van der Waals surface area contributed by atoms with Crippen molar-refractivity contribution in [3.63, 3.8) is 0 Å². The van der Waals surface area contributed by atoms with Gasteiger partial charge in [0.1, 0.15) is 6.54 Å². The first-order valence-electron chi connectivity index (χ1n) is 4.12. The van der Waals surface area contributed by atoms with Crippen LogP contribution >= 0.6 is 0 Å². The molecule has 6 nitrogen and oxygen atoms in total. The second kappa shape index (κ2) is 3.15. The Bertz CT molecular complexity index is 385. The van der Waals surface area contributed by atoms with E-state index in [2.05, 4.69) is 5.43 Å². The first-order chi connectivity index (χ1) is 6.68. The van der Waals surface area contributed by atoms with Crippen LogP contribution in [0.3, 0.4) is 0 Å². The Morgan fingerprint density at radius 1 is 1.64 bits per heavy atom. The molecule has 6 heteroatoms. The number of amides is 1. The Morgan fingerprint density at radius 2 is 2.43 bits per heavy atom. The summed E-state index contributed by atoms with van der Waals surface area (Å²) in [5, 5.41) is 9.62. The average Bonchev–Trinajstić information content (AvgIpc) is 2.57. The lowest BCUT2D eigenvalue weighted by atomic mass is 10.4. The van der Waals surface area contributed by atoms with Crippen LogP contribution in [0.2, 0.25) is 0 Å². The molecule has 0 saturated carbocycles. The molecule has 0 unspecified atom stereocenters. The van der Waals surface area contributed by atoms with Crippen LogP contribution in [0.4, 0.5) is 4.79 Å². The highest BCUT2D eigenvalue weighted by Crippen LogP contribution is 2.09. The summed E-state index contributed by atoms with van der Waals surface area (Å²) < 4.78 is 1.43. The number of carbonyl (C=O) groups excluding carboxylic acids is 1. The zero-order valence-corrected chi connectivity index (χ0v) is 7.30. The smallest absolute Gasteiger partial charge is 0.343 e. The SMILES string of the molecule is O=C(O)CN1NCc2cccn2C1=O. The predicted octanol–water partition coefficient (Wildman–Crippen LogP) is -0.139. The summed E-state index contributed by atoms with van der Waals surface area (Å²) >= 11 is 0. The van der Waals surface area contributed by atoms with E-state index in [1.165, 1.54) is 4.57 Å². The number of carbonyl (C=O) groups is 2. The Hall–Kier alpha value is -1.82. The van der Waals surface area contributed by atoms with E-state index in [4.69, 9.17) is 5.11 Å². The number of carboxylic acid groups (broad SMARTS) is 1. The molecule has 14 heavy (non-hydrogen) atoms. The summed E-state index contributed by atoms with van der Waals surface area (Å²) in [7, 11) is 0. The van der Waals surface area contributed by atoms with Gasteiger partial charge in [0.05, 0.1) is 6.54 Å². The van der Waals surface area contributed by atoms with Crippen molar-refractivity contribution in [1.29, 1.82) is 0 Å². The molecular weight excluding hydrogens is 186 g/mol. The van der Waals surface area contributed by atoms with Crippen LogP contribution in [-0.2, 0) is 11.3 Å². The Morgan fingerprint density at radius 3 is 3.14 bits per heavy atom. The highest BCUT2D eigenvalue weighted by Gasteiger charge is 2.24. The van der Waals surface area contributed by atoms with Gasteiger partial charge in [0.25, 0.3) is 0 Å². The Kier molecular flexibility index (Phi) is 1.97. The fraction of sp³-hybridized carbons (Fsp3) is 0.250. The van der Waals surface area contributed by atoms with E-state index in [9.17, 15) is 9.59 Å². The molecule has 1 amide bonds. The van der Waals surface area contributed by atoms with Gasteiger partial charge in [0.15, 0.2) is 0 Å². The third kappa shape index (κ3) is 1.35. The maximum Gasteiger partial charge on any atom is 0.343 e. The first-order valence-corrected chi connectivity index (χ1v) is 4.12. The molecule has 2 rings (SSSR count). The van der Waals surface area contributed by atoms with Crippen LogP contribution in [0.25, 0.3) is 0 Å². The second-order valence-corrected chi connectivity index (χ2v) is 2.97. The number of aromatic nitrogens is 1. The van der Waals surface area contributed by atoms with Crippen molar-refractivity contribution in [2.24, 2.45) is 0 Å². The zero-order chi connectivity index (χ0) is 10.1. The highest BCUT2D eigenvalue weighted by molar-refractivity contribution is 5.82. The minimum absolute atomic E-state index is 0.337. The van der Waals surface area contributed by atoms with E-state index >= 15 is 0 Å². The van der Waals surface area contributed by atoms with Gasteiger partial charge in [-0.2, -0.15) is 0 Å². The normalized spacial score (nSPS) is 15.4. The molecule has 1 aromatic heterocycles. The maximum absolute atomic E-state index is 11.6. The fourth-order valence-electron chi connectivity index (χ4n) is 1.38. The second-order valence-electron chi connectivity index (χ2n) is 2.97. The molecule has 0 radical (unpaired) electrons. The molecule has 0 saturated heterocycles. The lowest BCUT2D eigenvalue weighted by Gasteiger charge is -2.27. The van der Waals surface area contributed by atoms with Crippen LogP contribution in [-0.4, -0.2) is 33.2 Å².